The Morgan fingerprint density at radius 3 is 2.81 bits per heavy atom. The summed E-state index contributed by atoms with van der Waals surface area (Å²) >= 11 is 5.94. The van der Waals surface area contributed by atoms with E-state index in [-0.39, 0.29) is 22.0 Å². The van der Waals surface area contributed by atoms with E-state index in [0.717, 1.165) is 12.1 Å². The molecular formula is C14H10ClFN4O. The summed E-state index contributed by atoms with van der Waals surface area (Å²) < 4.78 is 13.1. The lowest BCUT2D eigenvalue weighted by molar-refractivity contribution is 0.102. The van der Waals surface area contributed by atoms with Gasteiger partial charge in [0.2, 0.25) is 0 Å². The first-order chi connectivity index (χ1) is 10.0. The number of nitrogens with zero attached hydrogens (tertiary/aromatic N) is 2. The summed E-state index contributed by atoms with van der Waals surface area (Å²) in [7, 11) is 1.66. The van der Waals surface area contributed by atoms with Crippen molar-refractivity contribution in [2.24, 2.45) is 0 Å². The highest BCUT2D eigenvalue weighted by molar-refractivity contribution is 6.34. The molecule has 7 heteroatoms. The van der Waals surface area contributed by atoms with Crippen LogP contribution in [0.15, 0.2) is 30.3 Å². The third kappa shape index (κ3) is 3.27. The van der Waals surface area contributed by atoms with Gasteiger partial charge in [0.1, 0.15) is 23.4 Å². The number of anilines is 2. The summed E-state index contributed by atoms with van der Waals surface area (Å²) in [6, 6.07) is 8.46. The number of halogens is 2. The molecule has 0 bridgehead atoms. The van der Waals surface area contributed by atoms with E-state index in [2.05, 4.69) is 15.6 Å². The van der Waals surface area contributed by atoms with Crippen molar-refractivity contribution < 1.29 is 9.18 Å². The van der Waals surface area contributed by atoms with E-state index in [4.69, 9.17) is 16.9 Å². The fourth-order valence-corrected chi connectivity index (χ4v) is 1.83. The maximum Gasteiger partial charge on any atom is 0.275 e. The normalized spacial score (nSPS) is 9.81. The van der Waals surface area contributed by atoms with Crippen molar-refractivity contribution in [3.05, 3.63) is 52.4 Å². The van der Waals surface area contributed by atoms with Crippen LogP contribution in [0.5, 0.6) is 0 Å². The monoisotopic (exact) mass is 304 g/mol. The van der Waals surface area contributed by atoms with E-state index >= 15 is 0 Å². The molecule has 1 aromatic carbocycles. The number of hydrogen-bond acceptors (Lipinski definition) is 4. The van der Waals surface area contributed by atoms with E-state index in [1.165, 1.54) is 12.1 Å². The van der Waals surface area contributed by atoms with Gasteiger partial charge >= 0.3 is 0 Å². The van der Waals surface area contributed by atoms with E-state index in [1.807, 2.05) is 6.07 Å². The van der Waals surface area contributed by atoms with Crippen LogP contribution in [0.25, 0.3) is 0 Å². The summed E-state index contributed by atoms with van der Waals surface area (Å²) in [6.07, 6.45) is 0. The minimum atomic E-state index is -0.583. The largest absolute Gasteiger partial charge is 0.373 e. The van der Waals surface area contributed by atoms with E-state index < -0.39 is 11.7 Å². The molecule has 0 saturated carbocycles. The van der Waals surface area contributed by atoms with Gasteiger partial charge in [-0.25, -0.2) is 9.37 Å². The fraction of sp³-hybridized carbons (Fsp3) is 0.0714. The van der Waals surface area contributed by atoms with Crippen molar-refractivity contribution in [1.29, 1.82) is 5.26 Å². The van der Waals surface area contributed by atoms with Crippen LogP contribution >= 0.6 is 11.6 Å². The molecule has 2 rings (SSSR count). The number of aromatic nitrogens is 1. The highest BCUT2D eigenvalue weighted by Crippen LogP contribution is 2.20. The molecule has 0 fully saturated rings. The number of rotatable bonds is 3. The second-order valence-corrected chi connectivity index (χ2v) is 4.44. The molecular weight excluding hydrogens is 295 g/mol. The molecule has 0 radical (unpaired) electrons. The number of benzene rings is 1. The van der Waals surface area contributed by atoms with Crippen molar-refractivity contribution in [3.8, 4) is 6.07 Å². The van der Waals surface area contributed by atoms with Gasteiger partial charge in [-0.3, -0.25) is 4.79 Å². The van der Waals surface area contributed by atoms with Crippen LogP contribution in [0, 0.1) is 17.1 Å². The van der Waals surface area contributed by atoms with Crippen LogP contribution in [0.4, 0.5) is 15.9 Å². The predicted molar refractivity (Wildman–Crippen MR) is 77.9 cm³/mol. The summed E-state index contributed by atoms with van der Waals surface area (Å²) in [5, 5.41) is 14.4. The van der Waals surface area contributed by atoms with Gasteiger partial charge in [-0.2, -0.15) is 5.26 Å². The number of nitriles is 1. The van der Waals surface area contributed by atoms with Gasteiger partial charge in [-0.1, -0.05) is 11.6 Å². The van der Waals surface area contributed by atoms with Gasteiger partial charge in [0.05, 0.1) is 16.3 Å². The van der Waals surface area contributed by atoms with Crippen molar-refractivity contribution in [3.63, 3.8) is 0 Å². The number of nitrogens with one attached hydrogen (secondary N) is 2. The van der Waals surface area contributed by atoms with Gasteiger partial charge < -0.3 is 10.6 Å². The first-order valence-corrected chi connectivity index (χ1v) is 6.28. The fourth-order valence-electron chi connectivity index (χ4n) is 1.64. The van der Waals surface area contributed by atoms with Gasteiger partial charge in [0.25, 0.3) is 5.91 Å². The molecule has 0 aliphatic heterocycles. The van der Waals surface area contributed by atoms with Crippen molar-refractivity contribution in [2.45, 2.75) is 0 Å². The van der Waals surface area contributed by atoms with Crippen molar-refractivity contribution >= 4 is 29.0 Å². The van der Waals surface area contributed by atoms with Crippen LogP contribution in [0.3, 0.4) is 0 Å². The molecule has 0 aliphatic rings. The molecule has 0 saturated heterocycles. The number of hydrogen-bond donors (Lipinski definition) is 2. The topological polar surface area (TPSA) is 77.8 Å². The van der Waals surface area contributed by atoms with Gasteiger partial charge in [-0.15, -0.1) is 0 Å². The Kier molecular flexibility index (Phi) is 4.36. The first kappa shape index (κ1) is 14.8. The Morgan fingerprint density at radius 2 is 2.14 bits per heavy atom. The molecule has 21 heavy (non-hydrogen) atoms. The lowest BCUT2D eigenvalue weighted by atomic mass is 10.2. The molecule has 5 nitrogen and oxygen atoms in total. The van der Waals surface area contributed by atoms with E-state index in [0.29, 0.717) is 5.82 Å². The van der Waals surface area contributed by atoms with E-state index in [9.17, 15) is 9.18 Å². The summed E-state index contributed by atoms with van der Waals surface area (Å²) in [5.74, 6) is -0.665. The predicted octanol–water partition coefficient (Wildman–Crippen LogP) is 3.04. The number of carbonyl (C=O) groups excluding carboxylic acids is 1. The van der Waals surface area contributed by atoms with Gasteiger partial charge in [0.15, 0.2) is 0 Å². The second-order valence-electron chi connectivity index (χ2n) is 4.03. The minimum absolute atomic E-state index is 0.0109. The molecule has 0 spiro atoms. The quantitative estimate of drug-likeness (QED) is 0.913. The van der Waals surface area contributed by atoms with Crippen LogP contribution in [-0.2, 0) is 0 Å². The minimum Gasteiger partial charge on any atom is -0.373 e. The van der Waals surface area contributed by atoms with Gasteiger partial charge in [0, 0.05) is 7.05 Å². The maximum absolute atomic E-state index is 13.1. The Labute approximate surface area is 125 Å². The molecule has 0 atom stereocenters. The molecule has 0 unspecified atom stereocenters. The second kappa shape index (κ2) is 6.20. The summed E-state index contributed by atoms with van der Waals surface area (Å²) in [5.41, 5.74) is 0.220. The zero-order valence-corrected chi connectivity index (χ0v) is 11.7. The smallest absolute Gasteiger partial charge is 0.275 e. The average Bonchev–Trinajstić information content (AvgIpc) is 2.49. The molecule has 0 aliphatic carbocycles. The third-order valence-corrected chi connectivity index (χ3v) is 2.97. The number of amides is 1. The van der Waals surface area contributed by atoms with Crippen LogP contribution in [0.1, 0.15) is 16.1 Å². The highest BCUT2D eigenvalue weighted by atomic mass is 35.5. The summed E-state index contributed by atoms with van der Waals surface area (Å²) in [4.78, 5) is 16.2. The Bertz CT molecular complexity index is 742. The lowest BCUT2D eigenvalue weighted by Gasteiger charge is -2.09. The van der Waals surface area contributed by atoms with Crippen LogP contribution in [0.2, 0.25) is 5.02 Å². The first-order valence-electron chi connectivity index (χ1n) is 5.90. The standard InChI is InChI=1S/C14H10ClFN4O/c1-18-12-5-3-10(15)13(20-12)14(21)19-11-4-2-9(16)6-8(11)7-17/h2-6H,1H3,(H,18,20)(H,19,21). The Morgan fingerprint density at radius 1 is 1.38 bits per heavy atom. The Balaban J connectivity index is 2.33. The molecule has 1 aromatic heterocycles. The Hall–Kier alpha value is -2.65. The molecule has 106 valence electrons. The molecule has 2 aromatic rings. The van der Waals surface area contributed by atoms with Crippen LogP contribution < -0.4 is 10.6 Å². The lowest BCUT2D eigenvalue weighted by Crippen LogP contribution is -2.16. The van der Waals surface area contributed by atoms with E-state index in [1.54, 1.807) is 13.1 Å². The average molecular weight is 305 g/mol. The maximum atomic E-state index is 13.1. The van der Waals surface area contributed by atoms with Crippen LogP contribution in [-0.4, -0.2) is 17.9 Å². The number of pyridine rings is 1. The van der Waals surface area contributed by atoms with Crippen molar-refractivity contribution in [2.75, 3.05) is 17.7 Å². The molecule has 2 N–H and O–H groups in total. The zero-order valence-electron chi connectivity index (χ0n) is 10.9. The third-order valence-electron chi connectivity index (χ3n) is 2.67. The molecule has 1 heterocycles. The highest BCUT2D eigenvalue weighted by Gasteiger charge is 2.15. The van der Waals surface area contributed by atoms with Crippen molar-refractivity contribution in [1.82, 2.24) is 4.98 Å². The van der Waals surface area contributed by atoms with Gasteiger partial charge in [-0.05, 0) is 30.3 Å². The zero-order chi connectivity index (χ0) is 15.4. The number of carbonyl (C=O) groups is 1. The SMILES string of the molecule is CNc1ccc(Cl)c(C(=O)Nc2ccc(F)cc2C#N)n1. The molecule has 1 amide bonds. The summed E-state index contributed by atoms with van der Waals surface area (Å²) in [6.45, 7) is 0.